The van der Waals surface area contributed by atoms with Crippen molar-refractivity contribution in [1.29, 1.82) is 0 Å². The van der Waals surface area contributed by atoms with Crippen LogP contribution in [0.3, 0.4) is 0 Å². The van der Waals surface area contributed by atoms with Gasteiger partial charge in [0, 0.05) is 11.6 Å². The van der Waals surface area contributed by atoms with Crippen molar-refractivity contribution in [3.63, 3.8) is 0 Å². The van der Waals surface area contributed by atoms with Crippen molar-refractivity contribution >= 4 is 5.91 Å². The molecule has 2 N–H and O–H groups in total. The first-order valence-corrected chi connectivity index (χ1v) is 8.79. The van der Waals surface area contributed by atoms with Crippen LogP contribution in [-0.2, 0) is 11.3 Å². The van der Waals surface area contributed by atoms with Gasteiger partial charge >= 0.3 is 0 Å². The molecule has 0 fully saturated rings. The Bertz CT molecular complexity index is 749. The lowest BCUT2D eigenvalue weighted by atomic mass is 10.1. The van der Waals surface area contributed by atoms with Gasteiger partial charge in [-0.1, -0.05) is 29.8 Å². The summed E-state index contributed by atoms with van der Waals surface area (Å²) >= 11 is 0. The van der Waals surface area contributed by atoms with Gasteiger partial charge in [0.15, 0.2) is 0 Å². The van der Waals surface area contributed by atoms with Gasteiger partial charge in [-0.15, -0.1) is 0 Å². The van der Waals surface area contributed by atoms with E-state index in [-0.39, 0.29) is 18.0 Å². The van der Waals surface area contributed by atoms with E-state index in [4.69, 9.17) is 0 Å². The van der Waals surface area contributed by atoms with E-state index in [2.05, 4.69) is 24.3 Å². The number of aryl methyl sites for hydroxylation is 1. The van der Waals surface area contributed by atoms with Crippen molar-refractivity contribution in [2.75, 3.05) is 26.2 Å². The first kappa shape index (κ1) is 18.9. The maximum absolute atomic E-state index is 12.1. The zero-order valence-corrected chi connectivity index (χ0v) is 15.2. The molecule has 1 amide bonds. The first-order chi connectivity index (χ1) is 12.0. The van der Waals surface area contributed by atoms with Gasteiger partial charge in [-0.2, -0.15) is 5.10 Å². The number of hydrogen-bond acceptors (Lipinski definition) is 3. The summed E-state index contributed by atoms with van der Waals surface area (Å²) in [6.45, 7) is 9.75. The number of nitrogens with zero attached hydrogens (tertiary/aromatic N) is 2. The summed E-state index contributed by atoms with van der Waals surface area (Å²) in [5.74, 6) is -0.192. The van der Waals surface area contributed by atoms with E-state index < -0.39 is 0 Å². The van der Waals surface area contributed by atoms with Crippen LogP contribution >= 0.6 is 0 Å². The van der Waals surface area contributed by atoms with Crippen LogP contribution in [-0.4, -0.2) is 41.9 Å². The molecular weight excluding hydrogens is 316 g/mol. The van der Waals surface area contributed by atoms with Gasteiger partial charge in [-0.25, -0.2) is 4.68 Å². The molecule has 6 heteroatoms. The smallest absolute Gasteiger partial charge is 0.267 e. The third-order valence-electron chi connectivity index (χ3n) is 4.31. The molecule has 1 aromatic heterocycles. The van der Waals surface area contributed by atoms with E-state index in [0.29, 0.717) is 12.2 Å². The summed E-state index contributed by atoms with van der Waals surface area (Å²) in [6, 6.07) is 11.0. The second-order valence-electron chi connectivity index (χ2n) is 6.14. The van der Waals surface area contributed by atoms with E-state index in [9.17, 15) is 9.59 Å². The Morgan fingerprint density at radius 1 is 1.12 bits per heavy atom. The van der Waals surface area contributed by atoms with Crippen molar-refractivity contribution in [2.45, 2.75) is 27.3 Å². The standard InChI is InChI=1S/C19H26N4O2/c1-4-22(5-2)13-12-20-18(24)14-23-19(25)11-10-17(21-23)16-8-6-15(3)7-9-16/h6-11H,4-5,12-14H2,1-3H3,(H,20,24)/p+1. The predicted octanol–water partition coefficient (Wildman–Crippen LogP) is 0.260. The fraction of sp³-hybridized carbons (Fsp3) is 0.421. The Morgan fingerprint density at radius 2 is 1.80 bits per heavy atom. The molecule has 0 aliphatic rings. The molecule has 0 spiro atoms. The second kappa shape index (κ2) is 9.13. The second-order valence-corrected chi connectivity index (χ2v) is 6.14. The van der Waals surface area contributed by atoms with Gasteiger partial charge in [0.1, 0.15) is 6.54 Å². The molecule has 6 nitrogen and oxygen atoms in total. The number of rotatable bonds is 8. The van der Waals surface area contributed by atoms with Crippen LogP contribution in [0.15, 0.2) is 41.2 Å². The fourth-order valence-electron chi connectivity index (χ4n) is 2.61. The van der Waals surface area contributed by atoms with Gasteiger partial charge in [0.2, 0.25) is 5.91 Å². The van der Waals surface area contributed by atoms with Gasteiger partial charge in [0.05, 0.1) is 31.9 Å². The van der Waals surface area contributed by atoms with Crippen LogP contribution in [0, 0.1) is 6.92 Å². The number of carbonyl (C=O) groups is 1. The molecule has 0 bridgehead atoms. The molecule has 1 heterocycles. The molecule has 1 aromatic carbocycles. The summed E-state index contributed by atoms with van der Waals surface area (Å²) < 4.78 is 1.22. The number of aromatic nitrogens is 2. The third-order valence-corrected chi connectivity index (χ3v) is 4.31. The molecule has 2 rings (SSSR count). The maximum atomic E-state index is 12.1. The average molecular weight is 343 g/mol. The van der Waals surface area contributed by atoms with Crippen LogP contribution in [0.4, 0.5) is 0 Å². The van der Waals surface area contributed by atoms with Crippen LogP contribution in [0.5, 0.6) is 0 Å². The summed E-state index contributed by atoms with van der Waals surface area (Å²) in [5.41, 5.74) is 2.48. The number of likely N-dealkylation sites (N-methyl/N-ethyl adjacent to an activating group) is 1. The zero-order valence-electron chi connectivity index (χ0n) is 15.2. The highest BCUT2D eigenvalue weighted by molar-refractivity contribution is 5.75. The van der Waals surface area contributed by atoms with Crippen molar-refractivity contribution in [1.82, 2.24) is 15.1 Å². The van der Waals surface area contributed by atoms with Gasteiger partial charge < -0.3 is 10.2 Å². The normalized spacial score (nSPS) is 10.9. The van der Waals surface area contributed by atoms with E-state index in [1.54, 1.807) is 6.07 Å². The van der Waals surface area contributed by atoms with E-state index in [1.807, 2.05) is 31.2 Å². The number of quaternary nitrogens is 1. The van der Waals surface area contributed by atoms with E-state index in [1.165, 1.54) is 15.6 Å². The molecular formula is C19H27N4O2+. The van der Waals surface area contributed by atoms with Crippen LogP contribution < -0.4 is 15.8 Å². The largest absolute Gasteiger partial charge is 0.349 e. The van der Waals surface area contributed by atoms with Crippen molar-refractivity contribution in [3.05, 3.63) is 52.3 Å². The molecule has 2 aromatic rings. The van der Waals surface area contributed by atoms with E-state index >= 15 is 0 Å². The minimum Gasteiger partial charge on any atom is -0.349 e. The molecule has 25 heavy (non-hydrogen) atoms. The Labute approximate surface area is 148 Å². The minimum atomic E-state index is -0.277. The average Bonchev–Trinajstić information content (AvgIpc) is 2.61. The number of hydrogen-bond donors (Lipinski definition) is 2. The highest BCUT2D eigenvalue weighted by atomic mass is 16.2. The topological polar surface area (TPSA) is 68.4 Å². The summed E-state index contributed by atoms with van der Waals surface area (Å²) in [6.07, 6.45) is 0. The van der Waals surface area contributed by atoms with Gasteiger partial charge in [-0.3, -0.25) is 9.59 Å². The Hall–Kier alpha value is -2.47. The summed E-state index contributed by atoms with van der Waals surface area (Å²) in [7, 11) is 0. The summed E-state index contributed by atoms with van der Waals surface area (Å²) in [5, 5.41) is 7.19. The lowest BCUT2D eigenvalue weighted by molar-refractivity contribution is -0.895. The quantitative estimate of drug-likeness (QED) is 0.722. The maximum Gasteiger partial charge on any atom is 0.267 e. The Balaban J connectivity index is 2.01. The molecule has 0 radical (unpaired) electrons. The van der Waals surface area contributed by atoms with Crippen LogP contribution in [0.2, 0.25) is 0 Å². The van der Waals surface area contributed by atoms with Gasteiger partial charge in [-0.05, 0) is 26.8 Å². The lowest BCUT2D eigenvalue weighted by Gasteiger charge is -2.15. The number of amides is 1. The summed E-state index contributed by atoms with van der Waals surface area (Å²) in [4.78, 5) is 25.5. The SMILES string of the molecule is CC[NH+](CC)CCNC(=O)Cn1nc(-c2ccc(C)cc2)ccc1=O. The zero-order chi connectivity index (χ0) is 18.2. The first-order valence-electron chi connectivity index (χ1n) is 8.79. The molecule has 0 saturated heterocycles. The molecule has 0 unspecified atom stereocenters. The van der Waals surface area contributed by atoms with Crippen molar-refractivity contribution < 1.29 is 9.69 Å². The molecule has 134 valence electrons. The van der Waals surface area contributed by atoms with Crippen LogP contribution in [0.25, 0.3) is 11.3 Å². The predicted molar refractivity (Wildman–Crippen MR) is 98.6 cm³/mol. The molecule has 0 saturated carbocycles. The van der Waals surface area contributed by atoms with Crippen molar-refractivity contribution in [2.24, 2.45) is 0 Å². The van der Waals surface area contributed by atoms with Crippen LogP contribution in [0.1, 0.15) is 19.4 Å². The Morgan fingerprint density at radius 3 is 2.44 bits per heavy atom. The Kier molecular flexibility index (Phi) is 6.89. The fourth-order valence-corrected chi connectivity index (χ4v) is 2.61. The molecule has 0 atom stereocenters. The molecule has 0 aliphatic carbocycles. The monoisotopic (exact) mass is 343 g/mol. The van der Waals surface area contributed by atoms with Crippen molar-refractivity contribution in [3.8, 4) is 11.3 Å². The number of benzene rings is 1. The lowest BCUT2D eigenvalue weighted by Crippen LogP contribution is -3.12. The highest BCUT2D eigenvalue weighted by Gasteiger charge is 2.09. The third kappa shape index (κ3) is 5.53. The minimum absolute atomic E-state index is 0.0634. The number of nitrogens with one attached hydrogen (secondary N) is 2. The molecule has 0 aliphatic heterocycles. The highest BCUT2D eigenvalue weighted by Crippen LogP contribution is 2.15. The number of carbonyl (C=O) groups excluding carboxylic acids is 1. The van der Waals surface area contributed by atoms with Gasteiger partial charge in [0.25, 0.3) is 5.56 Å². The van der Waals surface area contributed by atoms with E-state index in [0.717, 1.165) is 30.8 Å².